The van der Waals surface area contributed by atoms with Crippen molar-refractivity contribution in [2.75, 3.05) is 13.1 Å². The second-order valence-electron chi connectivity index (χ2n) is 6.85. The van der Waals surface area contributed by atoms with Crippen LogP contribution < -0.4 is 0 Å². The molecule has 5 heteroatoms. The predicted molar refractivity (Wildman–Crippen MR) is 97.3 cm³/mol. The van der Waals surface area contributed by atoms with Gasteiger partial charge >= 0.3 is 0 Å². The summed E-state index contributed by atoms with van der Waals surface area (Å²) in [4.78, 5) is 19.1. The third kappa shape index (κ3) is 3.27. The minimum absolute atomic E-state index is 0.0948. The van der Waals surface area contributed by atoms with Crippen LogP contribution >= 0.6 is 0 Å². The summed E-state index contributed by atoms with van der Waals surface area (Å²) in [6.45, 7) is 1.64. The fraction of sp³-hybridized carbons (Fsp3) is 0.350. The zero-order chi connectivity index (χ0) is 17.2. The molecule has 128 valence electrons. The maximum Gasteiger partial charge on any atom is 0.257 e. The Morgan fingerprint density at radius 2 is 2.20 bits per heavy atom. The molecule has 25 heavy (non-hydrogen) atoms. The first kappa shape index (κ1) is 15.8. The Hall–Kier alpha value is -2.69. The summed E-state index contributed by atoms with van der Waals surface area (Å²) >= 11 is 0. The molecule has 4 rings (SSSR count). The van der Waals surface area contributed by atoms with Gasteiger partial charge in [-0.05, 0) is 42.9 Å². The number of benzene rings is 1. The van der Waals surface area contributed by atoms with Gasteiger partial charge in [0.25, 0.3) is 5.91 Å². The number of carbonyl (C=O) groups excluding carboxylic acids is 1. The van der Waals surface area contributed by atoms with Crippen LogP contribution in [0.5, 0.6) is 0 Å². The second kappa shape index (κ2) is 6.67. The summed E-state index contributed by atoms with van der Waals surface area (Å²) in [6, 6.07) is 10.4. The number of amides is 1. The Labute approximate surface area is 147 Å². The first-order valence-corrected chi connectivity index (χ1v) is 8.81. The SMILES string of the molecule is Cn1cc(C(=O)N2CCC[C@@H](Cc3cccc4ncccc34)C2)cn1. The molecule has 3 heterocycles. The summed E-state index contributed by atoms with van der Waals surface area (Å²) in [7, 11) is 1.84. The zero-order valence-electron chi connectivity index (χ0n) is 14.4. The standard InChI is InChI=1S/C20H22N4O/c1-23-14-17(12-22-23)20(25)24-10-4-5-15(13-24)11-16-6-2-8-19-18(16)7-3-9-21-19/h2-3,6-9,12,14-15H,4-5,10-11,13H2,1H3/t15-/m0/s1. The van der Waals surface area contributed by atoms with Gasteiger partial charge in [-0.3, -0.25) is 14.5 Å². The highest BCUT2D eigenvalue weighted by Gasteiger charge is 2.25. The van der Waals surface area contributed by atoms with E-state index in [0.29, 0.717) is 11.5 Å². The van der Waals surface area contributed by atoms with Gasteiger partial charge in [-0.15, -0.1) is 0 Å². The number of fused-ring (bicyclic) bond motifs is 1. The van der Waals surface area contributed by atoms with Gasteiger partial charge in [0.05, 0.1) is 17.3 Å². The van der Waals surface area contributed by atoms with Crippen molar-refractivity contribution in [1.29, 1.82) is 0 Å². The lowest BCUT2D eigenvalue weighted by molar-refractivity contribution is 0.0673. The van der Waals surface area contributed by atoms with Crippen LogP contribution in [0.2, 0.25) is 0 Å². The molecule has 1 atom stereocenters. The fourth-order valence-corrected chi connectivity index (χ4v) is 3.79. The van der Waals surface area contributed by atoms with Crippen LogP contribution in [0.1, 0.15) is 28.8 Å². The molecule has 1 saturated heterocycles. The molecule has 0 radical (unpaired) electrons. The lowest BCUT2D eigenvalue weighted by Gasteiger charge is -2.32. The van der Waals surface area contributed by atoms with Gasteiger partial charge in [-0.1, -0.05) is 18.2 Å². The number of aromatic nitrogens is 3. The van der Waals surface area contributed by atoms with Crippen molar-refractivity contribution in [3.63, 3.8) is 0 Å². The van der Waals surface area contributed by atoms with Crippen molar-refractivity contribution in [1.82, 2.24) is 19.7 Å². The number of rotatable bonds is 3. The molecule has 1 aliphatic rings. The number of likely N-dealkylation sites (tertiary alicyclic amines) is 1. The van der Waals surface area contributed by atoms with Gasteiger partial charge in [0.1, 0.15) is 0 Å². The Morgan fingerprint density at radius 1 is 1.28 bits per heavy atom. The van der Waals surface area contributed by atoms with Gasteiger partial charge < -0.3 is 4.90 Å². The molecule has 1 amide bonds. The topological polar surface area (TPSA) is 51.0 Å². The van der Waals surface area contributed by atoms with E-state index < -0.39 is 0 Å². The average Bonchev–Trinajstić information content (AvgIpc) is 3.08. The molecule has 0 saturated carbocycles. The Balaban J connectivity index is 1.50. The quantitative estimate of drug-likeness (QED) is 0.740. The molecule has 1 aromatic carbocycles. The molecule has 0 aliphatic carbocycles. The summed E-state index contributed by atoms with van der Waals surface area (Å²) < 4.78 is 1.68. The molecule has 5 nitrogen and oxygen atoms in total. The molecule has 0 bridgehead atoms. The first-order chi connectivity index (χ1) is 12.2. The fourth-order valence-electron chi connectivity index (χ4n) is 3.79. The maximum absolute atomic E-state index is 12.7. The Morgan fingerprint density at radius 3 is 3.04 bits per heavy atom. The second-order valence-corrected chi connectivity index (χ2v) is 6.85. The zero-order valence-corrected chi connectivity index (χ0v) is 14.4. The molecule has 3 aromatic rings. The average molecular weight is 334 g/mol. The largest absolute Gasteiger partial charge is 0.338 e. The maximum atomic E-state index is 12.7. The van der Waals surface area contributed by atoms with Gasteiger partial charge in [0.15, 0.2) is 0 Å². The van der Waals surface area contributed by atoms with Crippen LogP contribution in [0.3, 0.4) is 0 Å². The van der Waals surface area contributed by atoms with E-state index in [9.17, 15) is 4.79 Å². The first-order valence-electron chi connectivity index (χ1n) is 8.81. The van der Waals surface area contributed by atoms with Crippen molar-refractivity contribution in [2.24, 2.45) is 13.0 Å². The Kier molecular flexibility index (Phi) is 4.22. The number of nitrogens with zero attached hydrogens (tertiary/aromatic N) is 4. The predicted octanol–water partition coefficient (Wildman–Crippen LogP) is 3.06. The molecule has 1 fully saturated rings. The summed E-state index contributed by atoms with van der Waals surface area (Å²) in [5.41, 5.74) is 3.04. The van der Waals surface area contributed by atoms with E-state index in [1.807, 2.05) is 24.2 Å². The highest BCUT2D eigenvalue weighted by molar-refractivity contribution is 5.93. The number of pyridine rings is 1. The third-order valence-corrected chi connectivity index (χ3v) is 5.00. The molecular weight excluding hydrogens is 312 g/mol. The van der Waals surface area contributed by atoms with Crippen LogP contribution in [0.25, 0.3) is 10.9 Å². The van der Waals surface area contributed by atoms with Crippen LogP contribution in [-0.2, 0) is 13.5 Å². The number of aryl methyl sites for hydroxylation is 1. The van der Waals surface area contributed by atoms with Crippen LogP contribution in [0, 0.1) is 5.92 Å². The van der Waals surface area contributed by atoms with Crippen LogP contribution in [0.4, 0.5) is 0 Å². The summed E-state index contributed by atoms with van der Waals surface area (Å²) in [5.74, 6) is 0.581. The van der Waals surface area contributed by atoms with E-state index >= 15 is 0 Å². The number of hydrogen-bond donors (Lipinski definition) is 0. The van der Waals surface area contributed by atoms with Crippen molar-refractivity contribution >= 4 is 16.8 Å². The highest BCUT2D eigenvalue weighted by Crippen LogP contribution is 2.25. The number of hydrogen-bond acceptors (Lipinski definition) is 3. The van der Waals surface area contributed by atoms with Crippen molar-refractivity contribution in [2.45, 2.75) is 19.3 Å². The monoisotopic (exact) mass is 334 g/mol. The van der Waals surface area contributed by atoms with Gasteiger partial charge in [-0.2, -0.15) is 5.10 Å². The minimum atomic E-state index is 0.0948. The number of piperidine rings is 1. The summed E-state index contributed by atoms with van der Waals surface area (Å²) in [5, 5.41) is 5.34. The third-order valence-electron chi connectivity index (χ3n) is 5.00. The number of carbonyl (C=O) groups is 1. The molecule has 0 unspecified atom stereocenters. The summed E-state index contributed by atoms with van der Waals surface area (Å²) in [6.07, 6.45) is 8.48. The van der Waals surface area contributed by atoms with Crippen LogP contribution in [0.15, 0.2) is 48.9 Å². The lowest BCUT2D eigenvalue weighted by atomic mass is 9.89. The van der Waals surface area contributed by atoms with Crippen molar-refractivity contribution in [3.05, 3.63) is 60.0 Å². The van der Waals surface area contributed by atoms with E-state index in [1.54, 1.807) is 17.1 Å². The Bertz CT molecular complexity index is 896. The van der Waals surface area contributed by atoms with E-state index in [0.717, 1.165) is 37.9 Å². The lowest BCUT2D eigenvalue weighted by Crippen LogP contribution is -2.40. The molecule has 1 aliphatic heterocycles. The van der Waals surface area contributed by atoms with Gasteiger partial charge in [0.2, 0.25) is 0 Å². The molecule has 0 N–H and O–H groups in total. The van der Waals surface area contributed by atoms with E-state index in [2.05, 4.69) is 34.3 Å². The smallest absolute Gasteiger partial charge is 0.257 e. The van der Waals surface area contributed by atoms with Gasteiger partial charge in [0, 0.05) is 37.9 Å². The molecular formula is C20H22N4O. The van der Waals surface area contributed by atoms with E-state index in [4.69, 9.17) is 0 Å². The molecule has 2 aromatic heterocycles. The van der Waals surface area contributed by atoms with E-state index in [1.165, 1.54) is 10.9 Å². The van der Waals surface area contributed by atoms with Crippen molar-refractivity contribution in [3.8, 4) is 0 Å². The van der Waals surface area contributed by atoms with E-state index in [-0.39, 0.29) is 5.91 Å². The van der Waals surface area contributed by atoms with Gasteiger partial charge in [-0.25, -0.2) is 0 Å². The van der Waals surface area contributed by atoms with Crippen molar-refractivity contribution < 1.29 is 4.79 Å². The highest BCUT2D eigenvalue weighted by atomic mass is 16.2. The molecule has 0 spiro atoms. The minimum Gasteiger partial charge on any atom is -0.338 e. The van der Waals surface area contributed by atoms with Crippen LogP contribution in [-0.4, -0.2) is 38.7 Å². The normalized spacial score (nSPS) is 17.8.